The van der Waals surface area contributed by atoms with Crippen molar-refractivity contribution in [2.75, 3.05) is 20.3 Å². The molecule has 0 fully saturated rings. The number of hydrogen-bond donors (Lipinski definition) is 3. The summed E-state index contributed by atoms with van der Waals surface area (Å²) in [6, 6.07) is 3.80. The fraction of sp³-hybridized carbons (Fsp3) is 0.421. The summed E-state index contributed by atoms with van der Waals surface area (Å²) in [5.41, 5.74) is 0.686. The molecule has 2 heterocycles. The minimum Gasteiger partial charge on any atom is -0.507 e. The van der Waals surface area contributed by atoms with E-state index in [4.69, 9.17) is 4.74 Å². The van der Waals surface area contributed by atoms with Crippen LogP contribution in [0.5, 0.6) is 5.75 Å². The number of aryl methyl sites for hydroxylation is 2. The van der Waals surface area contributed by atoms with Crippen molar-refractivity contribution < 1.29 is 18.3 Å². The number of nitrogens with one attached hydrogen (secondary N) is 2. The number of aromatic nitrogens is 4. The number of phenols is 1. The van der Waals surface area contributed by atoms with Gasteiger partial charge in [-0.2, -0.15) is 0 Å². The van der Waals surface area contributed by atoms with Gasteiger partial charge in [0, 0.05) is 20.1 Å². The Balaban J connectivity index is 2.14. The summed E-state index contributed by atoms with van der Waals surface area (Å²) in [4.78, 5) is 19.8. The molecule has 0 saturated heterocycles. The van der Waals surface area contributed by atoms with Crippen LogP contribution in [0.4, 0.5) is 0 Å². The number of ether oxygens (including phenoxy) is 1. The Morgan fingerprint density at radius 2 is 2.07 bits per heavy atom. The van der Waals surface area contributed by atoms with Crippen LogP contribution in [0.25, 0.3) is 16.9 Å². The molecule has 0 bridgehead atoms. The minimum atomic E-state index is -3.83. The molecule has 0 atom stereocenters. The maximum absolute atomic E-state index is 12.8. The third kappa shape index (κ3) is 4.23. The molecule has 1 aromatic carbocycles. The van der Waals surface area contributed by atoms with Gasteiger partial charge in [-0.15, -0.1) is 5.10 Å². The van der Waals surface area contributed by atoms with Crippen LogP contribution < -0.4 is 10.3 Å². The van der Waals surface area contributed by atoms with Gasteiger partial charge >= 0.3 is 0 Å². The molecular formula is C19H25N5O5S. The van der Waals surface area contributed by atoms with Gasteiger partial charge in [-0.1, -0.05) is 13.8 Å². The minimum absolute atomic E-state index is 0.0522. The molecule has 0 aliphatic heterocycles. The van der Waals surface area contributed by atoms with Crippen LogP contribution in [0.1, 0.15) is 31.8 Å². The molecule has 2 aromatic heterocycles. The molecule has 3 rings (SSSR count). The predicted octanol–water partition coefficient (Wildman–Crippen LogP) is 1.23. The maximum atomic E-state index is 12.8. The molecule has 3 N–H and O–H groups in total. The number of phenolic OH excluding ortho intramolecular Hbond substituents is 1. The number of sulfonamides is 1. The number of methoxy groups -OCH3 is 1. The van der Waals surface area contributed by atoms with Crippen LogP contribution in [0, 0.1) is 0 Å². The fourth-order valence-electron chi connectivity index (χ4n) is 3.12. The van der Waals surface area contributed by atoms with E-state index in [9.17, 15) is 18.3 Å². The van der Waals surface area contributed by atoms with E-state index >= 15 is 0 Å². The smallest absolute Gasteiger partial charge is 0.277 e. The molecule has 0 amide bonds. The summed E-state index contributed by atoms with van der Waals surface area (Å²) in [5.74, 6) is 0.485. The average Bonchev–Trinajstić information content (AvgIpc) is 3.07. The summed E-state index contributed by atoms with van der Waals surface area (Å²) >= 11 is 0. The Morgan fingerprint density at radius 3 is 2.73 bits per heavy atom. The molecule has 0 aliphatic carbocycles. The van der Waals surface area contributed by atoms with Crippen LogP contribution in [0.15, 0.2) is 27.9 Å². The molecule has 0 radical (unpaired) electrons. The summed E-state index contributed by atoms with van der Waals surface area (Å²) in [7, 11) is -2.36. The highest BCUT2D eigenvalue weighted by Gasteiger charge is 2.20. The maximum Gasteiger partial charge on any atom is 0.277 e. The quantitative estimate of drug-likeness (QED) is 0.430. The van der Waals surface area contributed by atoms with Gasteiger partial charge in [-0.25, -0.2) is 22.6 Å². The normalized spacial score (nSPS) is 12.0. The zero-order chi connectivity index (χ0) is 21.9. The highest BCUT2D eigenvalue weighted by Crippen LogP contribution is 2.29. The van der Waals surface area contributed by atoms with Crippen LogP contribution in [0.2, 0.25) is 0 Å². The van der Waals surface area contributed by atoms with Crippen molar-refractivity contribution in [2.45, 2.75) is 38.0 Å². The highest BCUT2D eigenvalue weighted by atomic mass is 32.2. The lowest BCUT2D eigenvalue weighted by atomic mass is 10.2. The average molecular weight is 436 g/mol. The van der Waals surface area contributed by atoms with Crippen molar-refractivity contribution in [1.82, 2.24) is 24.3 Å². The van der Waals surface area contributed by atoms with Gasteiger partial charge in [0.1, 0.15) is 11.6 Å². The van der Waals surface area contributed by atoms with E-state index in [2.05, 4.69) is 19.8 Å². The summed E-state index contributed by atoms with van der Waals surface area (Å²) in [6.07, 6.45) is 2.02. The number of hydrogen-bond acceptors (Lipinski definition) is 7. The third-order valence-electron chi connectivity index (χ3n) is 4.58. The molecule has 10 nitrogen and oxygen atoms in total. The first-order valence-electron chi connectivity index (χ1n) is 9.65. The molecule has 162 valence electrons. The number of aromatic hydroxyl groups is 1. The molecule has 0 saturated carbocycles. The zero-order valence-corrected chi connectivity index (χ0v) is 17.9. The monoisotopic (exact) mass is 435 g/mol. The van der Waals surface area contributed by atoms with Gasteiger partial charge < -0.3 is 14.8 Å². The molecular weight excluding hydrogens is 410 g/mol. The first kappa shape index (κ1) is 21.9. The largest absolute Gasteiger partial charge is 0.507 e. The van der Waals surface area contributed by atoms with E-state index in [0.717, 1.165) is 6.42 Å². The lowest BCUT2D eigenvalue weighted by molar-refractivity contribution is 0.204. The van der Waals surface area contributed by atoms with Crippen LogP contribution >= 0.6 is 0 Å². The number of nitrogens with zero attached hydrogens (tertiary/aromatic N) is 3. The van der Waals surface area contributed by atoms with Gasteiger partial charge in [0.2, 0.25) is 10.0 Å². The van der Waals surface area contributed by atoms with Gasteiger partial charge in [0.15, 0.2) is 11.3 Å². The summed E-state index contributed by atoms with van der Waals surface area (Å²) in [6.45, 7) is 4.22. The fourth-order valence-corrected chi connectivity index (χ4v) is 4.16. The van der Waals surface area contributed by atoms with Gasteiger partial charge in [0.05, 0.1) is 22.8 Å². The Kier molecular flexibility index (Phi) is 6.54. The van der Waals surface area contributed by atoms with Crippen molar-refractivity contribution in [1.29, 1.82) is 0 Å². The lowest BCUT2D eigenvalue weighted by Crippen LogP contribution is -2.27. The Hall–Kier alpha value is -2.76. The second-order valence-corrected chi connectivity index (χ2v) is 8.48. The van der Waals surface area contributed by atoms with Gasteiger partial charge in [-0.05, 0) is 31.0 Å². The molecule has 3 aromatic rings. The van der Waals surface area contributed by atoms with E-state index in [-0.39, 0.29) is 35.2 Å². The number of benzene rings is 1. The zero-order valence-electron chi connectivity index (χ0n) is 17.1. The lowest BCUT2D eigenvalue weighted by Gasteiger charge is -2.10. The van der Waals surface area contributed by atoms with Crippen LogP contribution in [-0.2, 0) is 27.6 Å². The number of aromatic amines is 1. The van der Waals surface area contributed by atoms with E-state index in [1.165, 1.54) is 29.8 Å². The van der Waals surface area contributed by atoms with E-state index in [0.29, 0.717) is 29.9 Å². The number of fused-ring (bicyclic) bond motifs is 1. The molecule has 11 heteroatoms. The summed E-state index contributed by atoms with van der Waals surface area (Å²) < 4.78 is 33.8. The highest BCUT2D eigenvalue weighted by molar-refractivity contribution is 7.89. The SMILES string of the molecule is CCCc1nc(CC)c2c(=O)[nH]c(-c3cc(S(=O)(=O)NCCOC)ccc3O)nn12. The number of H-pyrrole nitrogens is 1. The molecule has 0 spiro atoms. The molecule has 0 unspecified atom stereocenters. The first-order chi connectivity index (χ1) is 14.3. The standard InChI is InChI=1S/C19H25N5O5S/c1-4-6-16-21-14(5-2)17-19(26)22-18(23-24(16)17)13-11-12(7-8-15(13)25)30(27,28)20-9-10-29-3/h7-8,11,20,25H,4-6,9-10H2,1-3H3,(H,22,23,26). The van der Waals surface area contributed by atoms with Crippen molar-refractivity contribution in [3.8, 4) is 17.1 Å². The van der Waals surface area contributed by atoms with Crippen LogP contribution in [-0.4, -0.2) is 53.4 Å². The van der Waals surface area contributed by atoms with Crippen LogP contribution in [0.3, 0.4) is 0 Å². The first-order valence-corrected chi connectivity index (χ1v) is 11.1. The van der Waals surface area contributed by atoms with E-state index < -0.39 is 15.6 Å². The predicted molar refractivity (Wildman–Crippen MR) is 111 cm³/mol. The second kappa shape index (κ2) is 8.94. The van der Waals surface area contributed by atoms with E-state index in [1.807, 2.05) is 13.8 Å². The Bertz CT molecular complexity index is 1220. The van der Waals surface area contributed by atoms with Crippen molar-refractivity contribution in [3.63, 3.8) is 0 Å². The number of rotatable bonds is 9. The van der Waals surface area contributed by atoms with Crippen molar-refractivity contribution >= 4 is 15.5 Å². The van der Waals surface area contributed by atoms with Crippen molar-refractivity contribution in [2.24, 2.45) is 0 Å². The van der Waals surface area contributed by atoms with E-state index in [1.54, 1.807) is 0 Å². The molecule has 30 heavy (non-hydrogen) atoms. The number of imidazole rings is 1. The topological polar surface area (TPSA) is 139 Å². The van der Waals surface area contributed by atoms with Crippen molar-refractivity contribution in [3.05, 3.63) is 40.1 Å². The third-order valence-corrected chi connectivity index (χ3v) is 6.04. The van der Waals surface area contributed by atoms with Gasteiger partial charge in [0.25, 0.3) is 5.56 Å². The Morgan fingerprint density at radius 1 is 1.30 bits per heavy atom. The molecule has 0 aliphatic rings. The summed E-state index contributed by atoms with van der Waals surface area (Å²) in [5, 5.41) is 14.8. The Labute approximate surface area is 174 Å². The van der Waals surface area contributed by atoms with Gasteiger partial charge in [-0.3, -0.25) is 4.79 Å². The second-order valence-electron chi connectivity index (χ2n) is 6.71.